The normalized spacial score (nSPS) is 12.1. The zero-order chi connectivity index (χ0) is 33.0. The molecular weight excluding hydrogens is 601 g/mol. The van der Waals surface area contributed by atoms with Crippen LogP contribution in [0.2, 0.25) is 0 Å². The number of rotatable bonds is 22. The van der Waals surface area contributed by atoms with Gasteiger partial charge in [-0.2, -0.15) is 0 Å². The zero-order valence-corrected chi connectivity index (χ0v) is 31.0. The molecule has 0 aliphatic carbocycles. The number of thiophene rings is 1. The van der Waals surface area contributed by atoms with Crippen molar-refractivity contribution in [3.8, 4) is 0 Å². The van der Waals surface area contributed by atoms with Crippen LogP contribution in [-0.4, -0.2) is 0 Å². The average molecular weight is 661 g/mol. The van der Waals surface area contributed by atoms with Gasteiger partial charge in [-0.25, -0.2) is 0 Å². The third-order valence-electron chi connectivity index (χ3n) is 10.8. The largest absolute Gasteiger partial charge is 0.455 e. The van der Waals surface area contributed by atoms with E-state index in [1.54, 1.807) is 0 Å². The maximum absolute atomic E-state index is 6.65. The van der Waals surface area contributed by atoms with Crippen LogP contribution in [0.4, 0.5) is 0 Å². The maximum atomic E-state index is 6.65. The van der Waals surface area contributed by atoms with Gasteiger partial charge in [-0.15, -0.1) is 11.3 Å². The lowest BCUT2D eigenvalue weighted by molar-refractivity contribution is 0.556. The smallest absolute Gasteiger partial charge is 0.143 e. The van der Waals surface area contributed by atoms with Crippen LogP contribution in [0.1, 0.15) is 153 Å². The SMILES string of the molecule is CCCCCCCCCCCCc1ccc2c(c1)oc1c2ccc2c1ccc1c3ccc(CCCCCCCCCCCC)cc3sc12. The Bertz CT molecular complexity index is 1730. The van der Waals surface area contributed by atoms with Gasteiger partial charge in [0.15, 0.2) is 0 Å². The van der Waals surface area contributed by atoms with Gasteiger partial charge in [0.1, 0.15) is 11.2 Å². The molecule has 6 aromatic rings. The molecule has 0 saturated carbocycles. The average Bonchev–Trinajstić information content (AvgIpc) is 3.67. The quantitative estimate of drug-likeness (QED) is 0.0661. The van der Waals surface area contributed by atoms with Gasteiger partial charge in [0.05, 0.1) is 0 Å². The minimum absolute atomic E-state index is 1.04. The van der Waals surface area contributed by atoms with Crippen molar-refractivity contribution in [2.75, 3.05) is 0 Å². The summed E-state index contributed by atoms with van der Waals surface area (Å²) in [5.74, 6) is 0. The van der Waals surface area contributed by atoms with Crippen molar-refractivity contribution in [2.45, 2.75) is 155 Å². The fraction of sp³-hybridized carbons (Fsp3) is 0.522. The lowest BCUT2D eigenvalue weighted by atomic mass is 10.0. The van der Waals surface area contributed by atoms with Crippen LogP contribution < -0.4 is 0 Å². The monoisotopic (exact) mass is 660 g/mol. The summed E-state index contributed by atoms with van der Waals surface area (Å²) in [5.41, 5.74) is 4.98. The Morgan fingerprint density at radius 2 is 0.833 bits per heavy atom. The van der Waals surface area contributed by atoms with E-state index in [2.05, 4.69) is 74.5 Å². The van der Waals surface area contributed by atoms with Crippen molar-refractivity contribution in [1.82, 2.24) is 0 Å². The third kappa shape index (κ3) is 8.84. The minimum Gasteiger partial charge on any atom is -0.455 e. The zero-order valence-electron chi connectivity index (χ0n) is 30.1. The maximum Gasteiger partial charge on any atom is 0.143 e. The van der Waals surface area contributed by atoms with E-state index in [9.17, 15) is 0 Å². The molecule has 256 valence electrons. The molecule has 0 radical (unpaired) electrons. The van der Waals surface area contributed by atoms with Crippen LogP contribution in [0.5, 0.6) is 0 Å². The van der Waals surface area contributed by atoms with E-state index in [-0.39, 0.29) is 0 Å². The Labute approximate surface area is 294 Å². The topological polar surface area (TPSA) is 13.1 Å². The molecule has 0 spiro atoms. The standard InChI is InChI=1S/C46H60OS/c1-3-5-7-9-11-13-15-17-19-21-23-35-25-27-37-39-29-32-42-40(45(39)47-43(37)33-35)30-31-41-38-28-26-36(34-44(38)48-46(41)42)24-22-20-18-16-14-12-10-8-6-4-2/h25-34H,3-24H2,1-2H3. The number of fused-ring (bicyclic) bond motifs is 9. The molecule has 2 heterocycles. The van der Waals surface area contributed by atoms with Crippen molar-refractivity contribution in [2.24, 2.45) is 0 Å². The summed E-state index contributed by atoms with van der Waals surface area (Å²) >= 11 is 1.96. The molecule has 0 saturated heterocycles. The molecule has 0 unspecified atom stereocenters. The van der Waals surface area contributed by atoms with E-state index in [4.69, 9.17) is 4.42 Å². The molecule has 2 aromatic heterocycles. The van der Waals surface area contributed by atoms with Crippen LogP contribution in [0.3, 0.4) is 0 Å². The van der Waals surface area contributed by atoms with E-state index in [0.29, 0.717) is 0 Å². The molecule has 0 bridgehead atoms. The van der Waals surface area contributed by atoms with E-state index in [0.717, 1.165) is 17.6 Å². The van der Waals surface area contributed by atoms with E-state index >= 15 is 0 Å². The summed E-state index contributed by atoms with van der Waals surface area (Å²) in [4.78, 5) is 0. The Morgan fingerprint density at radius 3 is 1.40 bits per heavy atom. The molecule has 0 N–H and O–H groups in total. The lowest BCUT2D eigenvalue weighted by Crippen LogP contribution is -1.86. The highest BCUT2D eigenvalue weighted by Gasteiger charge is 2.15. The Hall–Kier alpha value is -2.84. The van der Waals surface area contributed by atoms with Gasteiger partial charge >= 0.3 is 0 Å². The first-order valence-electron chi connectivity index (χ1n) is 20.0. The Balaban J connectivity index is 1.07. The number of aryl methyl sites for hydroxylation is 2. The van der Waals surface area contributed by atoms with Crippen molar-refractivity contribution in [3.63, 3.8) is 0 Å². The second-order valence-electron chi connectivity index (χ2n) is 14.7. The third-order valence-corrected chi connectivity index (χ3v) is 12.0. The first kappa shape index (κ1) is 35.0. The number of unbranched alkanes of at least 4 members (excludes halogenated alkanes) is 18. The predicted octanol–water partition coefficient (Wildman–Crippen LogP) is 16.0. The molecule has 0 aliphatic heterocycles. The molecule has 0 amide bonds. The first-order valence-corrected chi connectivity index (χ1v) is 20.8. The number of benzene rings is 4. The lowest BCUT2D eigenvalue weighted by Gasteiger charge is -2.04. The second-order valence-corrected chi connectivity index (χ2v) is 15.8. The highest BCUT2D eigenvalue weighted by molar-refractivity contribution is 7.26. The van der Waals surface area contributed by atoms with Gasteiger partial charge in [-0.3, -0.25) is 0 Å². The summed E-state index contributed by atoms with van der Waals surface area (Å²) in [6.45, 7) is 4.59. The van der Waals surface area contributed by atoms with E-state index in [1.165, 1.54) is 188 Å². The van der Waals surface area contributed by atoms with Gasteiger partial charge in [0, 0.05) is 41.7 Å². The molecule has 4 aromatic carbocycles. The summed E-state index contributed by atoms with van der Waals surface area (Å²) in [7, 11) is 0. The molecule has 48 heavy (non-hydrogen) atoms. The highest BCUT2D eigenvalue weighted by atomic mass is 32.1. The number of furan rings is 1. The Morgan fingerprint density at radius 1 is 0.417 bits per heavy atom. The first-order chi connectivity index (χ1) is 23.8. The van der Waals surface area contributed by atoms with Crippen LogP contribution in [0, 0.1) is 0 Å². The van der Waals surface area contributed by atoms with Crippen molar-refractivity contribution in [3.05, 3.63) is 71.8 Å². The van der Waals surface area contributed by atoms with Crippen LogP contribution >= 0.6 is 11.3 Å². The van der Waals surface area contributed by atoms with Gasteiger partial charge in [0.2, 0.25) is 0 Å². The van der Waals surface area contributed by atoms with Crippen LogP contribution in [0.25, 0.3) is 52.9 Å². The second kappa shape index (κ2) is 18.2. The predicted molar refractivity (Wildman–Crippen MR) is 215 cm³/mol. The van der Waals surface area contributed by atoms with Gasteiger partial charge in [-0.05, 0) is 61.1 Å². The molecule has 6 rings (SSSR count). The molecule has 0 atom stereocenters. The van der Waals surface area contributed by atoms with Crippen molar-refractivity contribution >= 4 is 64.2 Å². The molecule has 1 nitrogen and oxygen atoms in total. The van der Waals surface area contributed by atoms with Gasteiger partial charge < -0.3 is 4.42 Å². The molecular formula is C46H60OS. The summed E-state index contributed by atoms with van der Waals surface area (Å²) in [5, 5.41) is 7.81. The fourth-order valence-corrected chi connectivity index (χ4v) is 9.20. The minimum atomic E-state index is 1.04. The number of hydrogen-bond donors (Lipinski definition) is 0. The van der Waals surface area contributed by atoms with Crippen molar-refractivity contribution < 1.29 is 4.42 Å². The Kier molecular flexibility index (Phi) is 13.3. The molecule has 2 heteroatoms. The summed E-state index contributed by atoms with van der Waals surface area (Å²) in [6, 6.07) is 23.4. The number of hydrogen-bond acceptors (Lipinski definition) is 2. The van der Waals surface area contributed by atoms with E-state index < -0.39 is 0 Å². The van der Waals surface area contributed by atoms with Crippen LogP contribution in [0.15, 0.2) is 65.1 Å². The summed E-state index contributed by atoms with van der Waals surface area (Å²) in [6.07, 6.45) is 30.1. The van der Waals surface area contributed by atoms with Gasteiger partial charge in [0.25, 0.3) is 0 Å². The van der Waals surface area contributed by atoms with E-state index in [1.807, 2.05) is 11.3 Å². The molecule has 0 fully saturated rings. The fourth-order valence-electron chi connectivity index (χ4n) is 7.91. The summed E-state index contributed by atoms with van der Waals surface area (Å²) < 4.78 is 9.47. The van der Waals surface area contributed by atoms with Gasteiger partial charge in [-0.1, -0.05) is 166 Å². The molecule has 0 aliphatic rings. The van der Waals surface area contributed by atoms with Crippen molar-refractivity contribution in [1.29, 1.82) is 0 Å². The highest BCUT2D eigenvalue weighted by Crippen LogP contribution is 2.42. The van der Waals surface area contributed by atoms with Crippen LogP contribution in [-0.2, 0) is 12.8 Å².